The molecule has 0 bridgehead atoms. The van der Waals surface area contributed by atoms with Gasteiger partial charge in [0.05, 0.1) is 25.9 Å². The van der Waals surface area contributed by atoms with E-state index in [1.807, 2.05) is 13.8 Å². The van der Waals surface area contributed by atoms with Crippen LogP contribution in [-0.4, -0.2) is 43.7 Å². The van der Waals surface area contributed by atoms with E-state index < -0.39 is 5.79 Å². The van der Waals surface area contributed by atoms with Crippen molar-refractivity contribution in [2.75, 3.05) is 13.7 Å². The molecule has 0 aromatic heterocycles. The summed E-state index contributed by atoms with van der Waals surface area (Å²) in [7, 11) is 1.39. The molecule has 2 rings (SSSR count). The first-order valence-electron chi connectivity index (χ1n) is 5.71. The second kappa shape index (κ2) is 4.31. The standard InChI is InChI=1S/C11H19NO4/c1-7-4-8(2)16-11(15-7)5-9(12-6-11)10(13)14-3/h7-9,12H,4-6H2,1-3H3/t7-,8?,9-,11?/m1/s1. The third kappa shape index (κ3) is 2.21. The molecular formula is C11H19NO4. The van der Waals surface area contributed by atoms with Crippen molar-refractivity contribution in [2.24, 2.45) is 0 Å². The highest BCUT2D eigenvalue weighted by Gasteiger charge is 2.48. The highest BCUT2D eigenvalue weighted by molar-refractivity contribution is 5.76. The van der Waals surface area contributed by atoms with Gasteiger partial charge in [-0.05, 0) is 20.3 Å². The van der Waals surface area contributed by atoms with Gasteiger partial charge >= 0.3 is 5.97 Å². The van der Waals surface area contributed by atoms with Gasteiger partial charge in [0.25, 0.3) is 0 Å². The molecule has 5 nitrogen and oxygen atoms in total. The van der Waals surface area contributed by atoms with Gasteiger partial charge in [-0.2, -0.15) is 0 Å². The molecule has 0 aromatic rings. The summed E-state index contributed by atoms with van der Waals surface area (Å²) < 4.78 is 16.4. The Hall–Kier alpha value is -0.650. The van der Waals surface area contributed by atoms with Crippen LogP contribution < -0.4 is 5.32 Å². The molecule has 5 heteroatoms. The molecule has 2 fully saturated rings. The largest absolute Gasteiger partial charge is 0.468 e. The fourth-order valence-electron chi connectivity index (χ4n) is 2.55. The molecular weight excluding hydrogens is 210 g/mol. The average Bonchev–Trinajstić information content (AvgIpc) is 2.58. The number of methoxy groups -OCH3 is 1. The molecule has 0 aromatic carbocycles. The number of esters is 1. The lowest BCUT2D eigenvalue weighted by Crippen LogP contribution is -2.48. The highest BCUT2D eigenvalue weighted by atomic mass is 16.7. The number of rotatable bonds is 1. The summed E-state index contributed by atoms with van der Waals surface area (Å²) in [6.45, 7) is 4.61. The van der Waals surface area contributed by atoms with Crippen molar-refractivity contribution in [2.45, 2.75) is 50.7 Å². The van der Waals surface area contributed by atoms with E-state index >= 15 is 0 Å². The number of hydrogen-bond donors (Lipinski definition) is 1. The number of ether oxygens (including phenoxy) is 3. The van der Waals surface area contributed by atoms with Crippen LogP contribution in [0.2, 0.25) is 0 Å². The summed E-state index contributed by atoms with van der Waals surface area (Å²) in [5.74, 6) is -0.898. The van der Waals surface area contributed by atoms with Crippen molar-refractivity contribution in [3.8, 4) is 0 Å². The molecule has 2 heterocycles. The van der Waals surface area contributed by atoms with E-state index in [1.54, 1.807) is 0 Å². The Morgan fingerprint density at radius 2 is 2.00 bits per heavy atom. The highest BCUT2D eigenvalue weighted by Crippen LogP contribution is 2.34. The van der Waals surface area contributed by atoms with E-state index in [-0.39, 0.29) is 24.2 Å². The predicted octanol–water partition coefficient (Wildman–Crippen LogP) is 0.431. The Bertz CT molecular complexity index is 271. The normalized spacial score (nSPS) is 43.6. The van der Waals surface area contributed by atoms with Crippen LogP contribution in [0.1, 0.15) is 26.7 Å². The Labute approximate surface area is 95.4 Å². The van der Waals surface area contributed by atoms with Gasteiger partial charge in [-0.15, -0.1) is 0 Å². The molecule has 2 unspecified atom stereocenters. The van der Waals surface area contributed by atoms with Gasteiger partial charge in [-0.1, -0.05) is 0 Å². The van der Waals surface area contributed by atoms with Crippen molar-refractivity contribution < 1.29 is 19.0 Å². The first kappa shape index (κ1) is 11.8. The molecule has 0 saturated carbocycles. The smallest absolute Gasteiger partial charge is 0.323 e. The topological polar surface area (TPSA) is 56.8 Å². The van der Waals surface area contributed by atoms with E-state index in [1.165, 1.54) is 7.11 Å². The van der Waals surface area contributed by atoms with Crippen LogP contribution in [0.5, 0.6) is 0 Å². The van der Waals surface area contributed by atoms with Crippen LogP contribution in [0.15, 0.2) is 0 Å². The third-order valence-electron chi connectivity index (χ3n) is 3.11. The Morgan fingerprint density at radius 1 is 1.38 bits per heavy atom. The summed E-state index contributed by atoms with van der Waals surface area (Å²) in [4.78, 5) is 11.4. The summed E-state index contributed by atoms with van der Waals surface area (Å²) in [6, 6.07) is -0.317. The minimum Gasteiger partial charge on any atom is -0.468 e. The first-order chi connectivity index (χ1) is 7.54. The minimum absolute atomic E-state index is 0.168. The van der Waals surface area contributed by atoms with E-state index in [4.69, 9.17) is 14.2 Å². The van der Waals surface area contributed by atoms with Crippen molar-refractivity contribution in [3.05, 3.63) is 0 Å². The minimum atomic E-state index is -0.643. The van der Waals surface area contributed by atoms with E-state index in [9.17, 15) is 4.79 Å². The molecule has 2 aliphatic rings. The van der Waals surface area contributed by atoms with Crippen LogP contribution in [0.25, 0.3) is 0 Å². The maximum absolute atomic E-state index is 11.4. The molecule has 1 spiro atoms. The molecule has 0 radical (unpaired) electrons. The van der Waals surface area contributed by atoms with Crippen LogP contribution in [0.4, 0.5) is 0 Å². The lowest BCUT2D eigenvalue weighted by Gasteiger charge is -2.40. The zero-order chi connectivity index (χ0) is 11.8. The molecule has 4 atom stereocenters. The fourth-order valence-corrected chi connectivity index (χ4v) is 2.55. The Balaban J connectivity index is 2.02. The molecule has 0 amide bonds. The number of carbonyl (C=O) groups is 1. The maximum Gasteiger partial charge on any atom is 0.323 e. The number of hydrogen-bond acceptors (Lipinski definition) is 5. The van der Waals surface area contributed by atoms with Gasteiger partial charge in [-0.25, -0.2) is 0 Å². The fraction of sp³-hybridized carbons (Fsp3) is 0.909. The predicted molar refractivity (Wildman–Crippen MR) is 56.9 cm³/mol. The van der Waals surface area contributed by atoms with Crippen molar-refractivity contribution in [3.63, 3.8) is 0 Å². The summed E-state index contributed by atoms with van der Waals surface area (Å²) in [5.41, 5.74) is 0. The van der Waals surface area contributed by atoms with Crippen LogP contribution in [0.3, 0.4) is 0 Å². The summed E-state index contributed by atoms with van der Waals surface area (Å²) in [6.07, 6.45) is 1.75. The Morgan fingerprint density at radius 3 is 2.56 bits per heavy atom. The van der Waals surface area contributed by atoms with Crippen LogP contribution in [0, 0.1) is 0 Å². The number of carbonyl (C=O) groups excluding carboxylic acids is 1. The van der Waals surface area contributed by atoms with Gasteiger partial charge in [0.15, 0.2) is 5.79 Å². The van der Waals surface area contributed by atoms with E-state index in [0.717, 1.165) is 6.42 Å². The van der Waals surface area contributed by atoms with Crippen molar-refractivity contribution >= 4 is 5.97 Å². The second-order valence-electron chi connectivity index (χ2n) is 4.66. The van der Waals surface area contributed by atoms with Crippen LogP contribution >= 0.6 is 0 Å². The monoisotopic (exact) mass is 229 g/mol. The maximum atomic E-state index is 11.4. The van der Waals surface area contributed by atoms with Gasteiger partial charge in [0.1, 0.15) is 6.04 Å². The number of nitrogens with one attached hydrogen (secondary N) is 1. The van der Waals surface area contributed by atoms with E-state index in [2.05, 4.69) is 5.32 Å². The quantitative estimate of drug-likeness (QED) is 0.661. The zero-order valence-corrected chi connectivity index (χ0v) is 9.99. The van der Waals surface area contributed by atoms with E-state index in [0.29, 0.717) is 13.0 Å². The lowest BCUT2D eigenvalue weighted by atomic mass is 10.1. The zero-order valence-electron chi connectivity index (χ0n) is 9.99. The van der Waals surface area contributed by atoms with Gasteiger partial charge in [-0.3, -0.25) is 10.1 Å². The Kier molecular flexibility index (Phi) is 3.19. The summed E-state index contributed by atoms with van der Waals surface area (Å²) in [5, 5.41) is 3.08. The van der Waals surface area contributed by atoms with Crippen molar-refractivity contribution in [1.82, 2.24) is 5.32 Å². The molecule has 1 N–H and O–H groups in total. The van der Waals surface area contributed by atoms with Crippen molar-refractivity contribution in [1.29, 1.82) is 0 Å². The molecule has 0 aliphatic carbocycles. The van der Waals surface area contributed by atoms with Gasteiger partial charge in [0.2, 0.25) is 0 Å². The molecule has 2 saturated heterocycles. The molecule has 2 aliphatic heterocycles. The first-order valence-corrected chi connectivity index (χ1v) is 5.71. The van der Waals surface area contributed by atoms with Gasteiger partial charge < -0.3 is 14.2 Å². The SMILES string of the molecule is COC(=O)[C@H]1CC2(CN1)OC(C)C[C@@H](C)O2. The lowest BCUT2D eigenvalue weighted by molar-refractivity contribution is -0.301. The second-order valence-corrected chi connectivity index (χ2v) is 4.66. The van der Waals surface area contributed by atoms with Gasteiger partial charge in [0, 0.05) is 6.42 Å². The van der Waals surface area contributed by atoms with Crippen LogP contribution in [-0.2, 0) is 19.0 Å². The third-order valence-corrected chi connectivity index (χ3v) is 3.11. The summed E-state index contributed by atoms with van der Waals surface area (Å²) >= 11 is 0. The molecule has 16 heavy (non-hydrogen) atoms. The average molecular weight is 229 g/mol. The molecule has 92 valence electrons.